The van der Waals surface area contributed by atoms with Crippen molar-refractivity contribution in [2.45, 2.75) is 58.9 Å². The van der Waals surface area contributed by atoms with Crippen LogP contribution >= 0.6 is 0 Å². The average molecular weight is 219 g/mol. The molecule has 0 radical (unpaired) electrons. The van der Waals surface area contributed by atoms with Crippen molar-refractivity contribution in [2.24, 2.45) is 5.73 Å². The fourth-order valence-electron chi connectivity index (χ4n) is 2.32. The molecule has 0 saturated heterocycles. The Hall–Kier alpha value is -0.820. The number of nitrogens with two attached hydrogens (primary N) is 1. The van der Waals surface area contributed by atoms with Gasteiger partial charge in [0.1, 0.15) is 0 Å². The Morgan fingerprint density at radius 1 is 1.06 bits per heavy atom. The SMILES string of the molecule is CCC(CCC(C)N)c1cc(C)cc(C)c1. The zero-order valence-electron chi connectivity index (χ0n) is 11.1. The van der Waals surface area contributed by atoms with Gasteiger partial charge in [0, 0.05) is 6.04 Å². The summed E-state index contributed by atoms with van der Waals surface area (Å²) in [5, 5.41) is 0. The summed E-state index contributed by atoms with van der Waals surface area (Å²) in [6.07, 6.45) is 3.53. The Balaban J connectivity index is 2.78. The maximum Gasteiger partial charge on any atom is 0.00106 e. The predicted octanol–water partition coefficient (Wildman–Crippen LogP) is 3.92. The van der Waals surface area contributed by atoms with Gasteiger partial charge < -0.3 is 5.73 Å². The summed E-state index contributed by atoms with van der Waals surface area (Å²) in [5.74, 6) is 0.671. The van der Waals surface area contributed by atoms with Crippen molar-refractivity contribution in [3.05, 3.63) is 34.9 Å². The average Bonchev–Trinajstić information content (AvgIpc) is 2.16. The molecule has 2 atom stereocenters. The topological polar surface area (TPSA) is 26.0 Å². The first-order valence-corrected chi connectivity index (χ1v) is 6.36. The van der Waals surface area contributed by atoms with Gasteiger partial charge in [0.05, 0.1) is 0 Å². The van der Waals surface area contributed by atoms with Crippen LogP contribution < -0.4 is 5.73 Å². The number of hydrogen-bond acceptors (Lipinski definition) is 1. The molecule has 1 aromatic rings. The number of rotatable bonds is 5. The minimum absolute atomic E-state index is 0.319. The predicted molar refractivity (Wildman–Crippen MR) is 71.8 cm³/mol. The van der Waals surface area contributed by atoms with Gasteiger partial charge in [-0.15, -0.1) is 0 Å². The van der Waals surface area contributed by atoms with Crippen molar-refractivity contribution in [1.29, 1.82) is 0 Å². The van der Waals surface area contributed by atoms with Crippen LogP contribution in [-0.2, 0) is 0 Å². The van der Waals surface area contributed by atoms with E-state index in [1.54, 1.807) is 0 Å². The van der Waals surface area contributed by atoms with E-state index in [1.807, 2.05) is 0 Å². The van der Waals surface area contributed by atoms with E-state index in [0.717, 1.165) is 6.42 Å². The van der Waals surface area contributed by atoms with E-state index in [4.69, 9.17) is 5.73 Å². The smallest absolute Gasteiger partial charge is 0.00106 e. The van der Waals surface area contributed by atoms with Gasteiger partial charge in [0.25, 0.3) is 0 Å². The first-order chi connectivity index (χ1) is 7.52. The minimum atomic E-state index is 0.319. The quantitative estimate of drug-likeness (QED) is 0.798. The highest BCUT2D eigenvalue weighted by atomic mass is 14.6. The zero-order chi connectivity index (χ0) is 12.1. The van der Waals surface area contributed by atoms with Gasteiger partial charge in [-0.1, -0.05) is 36.2 Å². The lowest BCUT2D eigenvalue weighted by molar-refractivity contribution is 0.532. The van der Waals surface area contributed by atoms with Gasteiger partial charge in [-0.25, -0.2) is 0 Å². The molecule has 1 aromatic carbocycles. The van der Waals surface area contributed by atoms with Crippen molar-refractivity contribution in [1.82, 2.24) is 0 Å². The van der Waals surface area contributed by atoms with Crippen LogP contribution in [0.5, 0.6) is 0 Å². The molecular formula is C15H25N. The molecule has 1 heteroatoms. The summed E-state index contributed by atoms with van der Waals surface area (Å²) < 4.78 is 0. The highest BCUT2D eigenvalue weighted by Crippen LogP contribution is 2.26. The van der Waals surface area contributed by atoms with Crippen molar-refractivity contribution in [3.63, 3.8) is 0 Å². The van der Waals surface area contributed by atoms with E-state index in [1.165, 1.54) is 29.5 Å². The number of benzene rings is 1. The summed E-state index contributed by atoms with van der Waals surface area (Å²) in [6, 6.07) is 7.20. The van der Waals surface area contributed by atoms with Gasteiger partial charge in [-0.3, -0.25) is 0 Å². The summed E-state index contributed by atoms with van der Waals surface area (Å²) in [4.78, 5) is 0. The molecule has 0 aliphatic carbocycles. The molecule has 2 N–H and O–H groups in total. The molecule has 0 aliphatic heterocycles. The van der Waals surface area contributed by atoms with Crippen LogP contribution in [0.2, 0.25) is 0 Å². The molecule has 0 bridgehead atoms. The van der Waals surface area contributed by atoms with Gasteiger partial charge in [-0.2, -0.15) is 0 Å². The molecule has 0 aliphatic rings. The molecule has 2 unspecified atom stereocenters. The maximum atomic E-state index is 5.83. The second kappa shape index (κ2) is 6.05. The Morgan fingerprint density at radius 2 is 1.62 bits per heavy atom. The van der Waals surface area contributed by atoms with Gasteiger partial charge in [0.15, 0.2) is 0 Å². The summed E-state index contributed by atoms with van der Waals surface area (Å²) in [7, 11) is 0. The summed E-state index contributed by atoms with van der Waals surface area (Å²) in [6.45, 7) is 8.71. The summed E-state index contributed by atoms with van der Waals surface area (Å²) in [5.41, 5.74) is 10.1. The Labute approximate surface area is 100 Å². The highest BCUT2D eigenvalue weighted by Gasteiger charge is 2.10. The van der Waals surface area contributed by atoms with Crippen LogP contribution in [0.25, 0.3) is 0 Å². The molecule has 0 saturated carbocycles. The Morgan fingerprint density at radius 3 is 2.06 bits per heavy atom. The van der Waals surface area contributed by atoms with Crippen molar-refractivity contribution in [3.8, 4) is 0 Å². The first kappa shape index (κ1) is 13.2. The normalized spacial score (nSPS) is 14.8. The largest absolute Gasteiger partial charge is 0.328 e. The van der Waals surface area contributed by atoms with Crippen molar-refractivity contribution < 1.29 is 0 Å². The molecule has 0 heterocycles. The lowest BCUT2D eigenvalue weighted by atomic mass is 9.89. The third kappa shape index (κ3) is 3.97. The van der Waals surface area contributed by atoms with E-state index >= 15 is 0 Å². The molecule has 90 valence electrons. The Kier molecular flexibility index (Phi) is 5.01. The van der Waals surface area contributed by atoms with E-state index < -0.39 is 0 Å². The maximum absolute atomic E-state index is 5.83. The summed E-state index contributed by atoms with van der Waals surface area (Å²) >= 11 is 0. The molecule has 16 heavy (non-hydrogen) atoms. The molecule has 1 nitrogen and oxygen atoms in total. The third-order valence-corrected chi connectivity index (χ3v) is 3.18. The monoisotopic (exact) mass is 219 g/mol. The van der Waals surface area contributed by atoms with Gasteiger partial charge in [0.2, 0.25) is 0 Å². The lowest BCUT2D eigenvalue weighted by Gasteiger charge is -2.18. The van der Waals surface area contributed by atoms with Crippen LogP contribution in [0, 0.1) is 13.8 Å². The number of aryl methyl sites for hydroxylation is 2. The van der Waals surface area contributed by atoms with E-state index in [0.29, 0.717) is 12.0 Å². The van der Waals surface area contributed by atoms with Gasteiger partial charge >= 0.3 is 0 Å². The zero-order valence-corrected chi connectivity index (χ0v) is 11.1. The minimum Gasteiger partial charge on any atom is -0.328 e. The second-order valence-corrected chi connectivity index (χ2v) is 5.08. The third-order valence-electron chi connectivity index (χ3n) is 3.18. The molecule has 0 aromatic heterocycles. The van der Waals surface area contributed by atoms with E-state index in [-0.39, 0.29) is 0 Å². The fourth-order valence-corrected chi connectivity index (χ4v) is 2.32. The van der Waals surface area contributed by atoms with Crippen LogP contribution in [0.1, 0.15) is 55.7 Å². The van der Waals surface area contributed by atoms with Crippen LogP contribution in [0.4, 0.5) is 0 Å². The van der Waals surface area contributed by atoms with Gasteiger partial charge in [-0.05, 0) is 51.5 Å². The first-order valence-electron chi connectivity index (χ1n) is 6.36. The second-order valence-electron chi connectivity index (χ2n) is 5.08. The standard InChI is InChI=1S/C15H25N/c1-5-14(7-6-13(4)16)15-9-11(2)8-12(3)10-15/h8-10,13-14H,5-7,16H2,1-4H3. The Bertz CT molecular complexity index is 308. The van der Waals surface area contributed by atoms with Crippen LogP contribution in [0.3, 0.4) is 0 Å². The van der Waals surface area contributed by atoms with Crippen LogP contribution in [0.15, 0.2) is 18.2 Å². The molecule has 0 fully saturated rings. The molecule has 0 amide bonds. The van der Waals surface area contributed by atoms with E-state index in [9.17, 15) is 0 Å². The molecule has 1 rings (SSSR count). The lowest BCUT2D eigenvalue weighted by Crippen LogP contribution is -2.15. The van der Waals surface area contributed by atoms with Crippen molar-refractivity contribution in [2.75, 3.05) is 0 Å². The molecular weight excluding hydrogens is 194 g/mol. The highest BCUT2D eigenvalue weighted by molar-refractivity contribution is 5.30. The van der Waals surface area contributed by atoms with E-state index in [2.05, 4.69) is 45.9 Å². The number of hydrogen-bond donors (Lipinski definition) is 1. The molecule has 0 spiro atoms. The van der Waals surface area contributed by atoms with Crippen LogP contribution in [-0.4, -0.2) is 6.04 Å². The fraction of sp³-hybridized carbons (Fsp3) is 0.600. The van der Waals surface area contributed by atoms with Crippen molar-refractivity contribution >= 4 is 0 Å².